The summed E-state index contributed by atoms with van der Waals surface area (Å²) < 4.78 is 10.5. The van der Waals surface area contributed by atoms with Crippen molar-refractivity contribution in [1.82, 2.24) is 5.32 Å². The Morgan fingerprint density at radius 1 is 1.37 bits per heavy atom. The number of carbonyl (C=O) groups excluding carboxylic acids is 1. The molecule has 0 heterocycles. The summed E-state index contributed by atoms with van der Waals surface area (Å²) in [5.74, 6) is 0.710. The average Bonchev–Trinajstić information content (AvgIpc) is 2.43. The Kier molecular flexibility index (Phi) is 7.15. The summed E-state index contributed by atoms with van der Waals surface area (Å²) in [7, 11) is 1.67. The summed E-state index contributed by atoms with van der Waals surface area (Å²) in [5.41, 5.74) is 0.635. The van der Waals surface area contributed by atoms with Crippen LogP contribution in [0.25, 0.3) is 0 Å². The zero-order valence-corrected chi connectivity index (χ0v) is 11.9. The molecule has 0 spiro atoms. The largest absolute Gasteiger partial charge is 0.493 e. The van der Waals surface area contributed by atoms with Crippen LogP contribution in [0.3, 0.4) is 0 Å². The van der Waals surface area contributed by atoms with E-state index in [0.717, 1.165) is 13.0 Å². The SMILES string of the molecule is CCOc1ccccc1C(=O)C(C)NCCCOC. The zero-order chi connectivity index (χ0) is 14.1. The highest BCUT2D eigenvalue weighted by atomic mass is 16.5. The Morgan fingerprint density at radius 2 is 2.11 bits per heavy atom. The summed E-state index contributed by atoms with van der Waals surface area (Å²) in [6, 6.07) is 7.14. The predicted octanol–water partition coefficient (Wildman–Crippen LogP) is 2.28. The molecule has 1 aromatic carbocycles. The van der Waals surface area contributed by atoms with E-state index in [1.165, 1.54) is 0 Å². The summed E-state index contributed by atoms with van der Waals surface area (Å²) in [4.78, 5) is 12.3. The molecule has 106 valence electrons. The molecule has 19 heavy (non-hydrogen) atoms. The zero-order valence-electron chi connectivity index (χ0n) is 11.9. The van der Waals surface area contributed by atoms with Crippen LogP contribution in [0.5, 0.6) is 5.75 Å². The van der Waals surface area contributed by atoms with Crippen molar-refractivity contribution in [1.29, 1.82) is 0 Å². The second-order valence-corrected chi connectivity index (χ2v) is 4.32. The van der Waals surface area contributed by atoms with Crippen molar-refractivity contribution in [3.05, 3.63) is 29.8 Å². The minimum absolute atomic E-state index is 0.0569. The van der Waals surface area contributed by atoms with Gasteiger partial charge in [-0.05, 0) is 38.9 Å². The third-order valence-electron chi connectivity index (χ3n) is 2.82. The highest BCUT2D eigenvalue weighted by molar-refractivity contribution is 6.02. The average molecular weight is 265 g/mol. The molecular formula is C15H23NO3. The van der Waals surface area contributed by atoms with Crippen molar-refractivity contribution in [2.45, 2.75) is 26.3 Å². The first kappa shape index (κ1) is 15.7. The predicted molar refractivity (Wildman–Crippen MR) is 75.9 cm³/mol. The molecule has 0 aliphatic heterocycles. The van der Waals surface area contributed by atoms with E-state index in [1.54, 1.807) is 13.2 Å². The highest BCUT2D eigenvalue weighted by Crippen LogP contribution is 2.19. The highest BCUT2D eigenvalue weighted by Gasteiger charge is 2.18. The fourth-order valence-electron chi connectivity index (χ4n) is 1.81. The van der Waals surface area contributed by atoms with Crippen LogP contribution >= 0.6 is 0 Å². The molecule has 1 aromatic rings. The van der Waals surface area contributed by atoms with E-state index >= 15 is 0 Å². The van der Waals surface area contributed by atoms with E-state index in [0.29, 0.717) is 24.5 Å². The Hall–Kier alpha value is -1.39. The van der Waals surface area contributed by atoms with Crippen molar-refractivity contribution >= 4 is 5.78 Å². The number of ether oxygens (including phenoxy) is 2. The summed E-state index contributed by atoms with van der Waals surface area (Å²) in [6.45, 7) is 5.80. The van der Waals surface area contributed by atoms with E-state index in [2.05, 4.69) is 5.32 Å². The molecule has 4 nitrogen and oxygen atoms in total. The van der Waals surface area contributed by atoms with E-state index in [9.17, 15) is 4.79 Å². The van der Waals surface area contributed by atoms with Crippen molar-refractivity contribution in [3.63, 3.8) is 0 Å². The number of rotatable bonds is 9. The second-order valence-electron chi connectivity index (χ2n) is 4.32. The molecule has 1 rings (SSSR count). The summed E-state index contributed by atoms with van der Waals surface area (Å²) in [5, 5.41) is 3.20. The molecule has 0 aliphatic rings. The van der Waals surface area contributed by atoms with Crippen LogP contribution in [-0.4, -0.2) is 38.7 Å². The van der Waals surface area contributed by atoms with Crippen LogP contribution in [-0.2, 0) is 4.74 Å². The maximum Gasteiger partial charge on any atom is 0.183 e. The first-order valence-corrected chi connectivity index (χ1v) is 6.69. The lowest BCUT2D eigenvalue weighted by atomic mass is 10.0. The van der Waals surface area contributed by atoms with Gasteiger partial charge in [0.2, 0.25) is 0 Å². The number of carbonyl (C=O) groups is 1. The van der Waals surface area contributed by atoms with Crippen molar-refractivity contribution in [3.8, 4) is 5.75 Å². The molecule has 0 amide bonds. The molecule has 4 heteroatoms. The van der Waals surface area contributed by atoms with Gasteiger partial charge in [-0.15, -0.1) is 0 Å². The first-order chi connectivity index (χ1) is 9.20. The number of hydrogen-bond donors (Lipinski definition) is 1. The Balaban J connectivity index is 2.60. The van der Waals surface area contributed by atoms with Crippen LogP contribution in [0.2, 0.25) is 0 Å². The number of Topliss-reactive ketones (excluding diaryl/α,β-unsaturated/α-hetero) is 1. The Morgan fingerprint density at radius 3 is 2.79 bits per heavy atom. The third-order valence-corrected chi connectivity index (χ3v) is 2.82. The van der Waals surface area contributed by atoms with Gasteiger partial charge in [0.1, 0.15) is 5.75 Å². The van der Waals surface area contributed by atoms with Gasteiger partial charge >= 0.3 is 0 Å². The lowest BCUT2D eigenvalue weighted by Gasteiger charge is -2.15. The van der Waals surface area contributed by atoms with Gasteiger partial charge in [-0.1, -0.05) is 12.1 Å². The fourth-order valence-corrected chi connectivity index (χ4v) is 1.81. The fraction of sp³-hybridized carbons (Fsp3) is 0.533. The number of methoxy groups -OCH3 is 1. The molecule has 1 unspecified atom stereocenters. The lowest BCUT2D eigenvalue weighted by molar-refractivity contribution is 0.0945. The minimum atomic E-state index is -0.224. The monoisotopic (exact) mass is 265 g/mol. The molecule has 0 fully saturated rings. The number of benzene rings is 1. The quantitative estimate of drug-likeness (QED) is 0.549. The molecule has 1 N–H and O–H groups in total. The van der Waals surface area contributed by atoms with Gasteiger partial charge in [0.15, 0.2) is 5.78 Å². The number of nitrogens with one attached hydrogen (secondary N) is 1. The maximum atomic E-state index is 12.3. The maximum absolute atomic E-state index is 12.3. The Labute approximate surface area is 115 Å². The molecular weight excluding hydrogens is 242 g/mol. The van der Waals surface area contributed by atoms with Gasteiger partial charge in [-0.2, -0.15) is 0 Å². The van der Waals surface area contributed by atoms with Crippen LogP contribution in [0.4, 0.5) is 0 Å². The van der Waals surface area contributed by atoms with Gasteiger partial charge in [0.05, 0.1) is 18.2 Å². The standard InChI is InChI=1S/C15H23NO3/c1-4-19-14-9-6-5-8-13(14)15(17)12(2)16-10-7-11-18-3/h5-6,8-9,12,16H,4,7,10-11H2,1-3H3. The molecule has 0 radical (unpaired) electrons. The molecule has 0 aromatic heterocycles. The molecule has 0 saturated carbocycles. The topological polar surface area (TPSA) is 47.6 Å². The lowest BCUT2D eigenvalue weighted by Crippen LogP contribution is -2.35. The van der Waals surface area contributed by atoms with Crippen molar-refractivity contribution in [2.24, 2.45) is 0 Å². The van der Waals surface area contributed by atoms with Crippen molar-refractivity contribution in [2.75, 3.05) is 26.9 Å². The smallest absolute Gasteiger partial charge is 0.183 e. The number of hydrogen-bond acceptors (Lipinski definition) is 4. The normalized spacial score (nSPS) is 12.2. The van der Waals surface area contributed by atoms with Crippen LogP contribution in [0, 0.1) is 0 Å². The second kappa shape index (κ2) is 8.67. The molecule has 0 saturated heterocycles. The molecule has 1 atom stereocenters. The van der Waals surface area contributed by atoms with E-state index in [1.807, 2.05) is 32.0 Å². The number of para-hydroxylation sites is 1. The van der Waals surface area contributed by atoms with Gasteiger partial charge in [0.25, 0.3) is 0 Å². The molecule has 0 bridgehead atoms. The molecule has 0 aliphatic carbocycles. The van der Waals surface area contributed by atoms with Gasteiger partial charge in [0, 0.05) is 13.7 Å². The minimum Gasteiger partial charge on any atom is -0.493 e. The van der Waals surface area contributed by atoms with E-state index < -0.39 is 0 Å². The van der Waals surface area contributed by atoms with Gasteiger partial charge in [-0.3, -0.25) is 4.79 Å². The summed E-state index contributed by atoms with van der Waals surface area (Å²) >= 11 is 0. The van der Waals surface area contributed by atoms with Gasteiger partial charge < -0.3 is 14.8 Å². The third kappa shape index (κ3) is 5.01. The Bertz CT molecular complexity index is 393. The van der Waals surface area contributed by atoms with Gasteiger partial charge in [-0.25, -0.2) is 0 Å². The van der Waals surface area contributed by atoms with E-state index in [-0.39, 0.29) is 11.8 Å². The van der Waals surface area contributed by atoms with Crippen LogP contribution < -0.4 is 10.1 Å². The number of ketones is 1. The van der Waals surface area contributed by atoms with Crippen molar-refractivity contribution < 1.29 is 14.3 Å². The summed E-state index contributed by atoms with van der Waals surface area (Å²) in [6.07, 6.45) is 0.890. The van der Waals surface area contributed by atoms with Crippen LogP contribution in [0.1, 0.15) is 30.6 Å². The van der Waals surface area contributed by atoms with Crippen LogP contribution in [0.15, 0.2) is 24.3 Å². The first-order valence-electron chi connectivity index (χ1n) is 6.69. The van der Waals surface area contributed by atoms with E-state index in [4.69, 9.17) is 9.47 Å².